The maximum absolute atomic E-state index is 3.82. The summed E-state index contributed by atoms with van der Waals surface area (Å²) in [5.74, 6) is 0. The first-order valence-electron chi connectivity index (χ1n) is 6.92. The van der Waals surface area contributed by atoms with Gasteiger partial charge in [-0.25, -0.2) is 0 Å². The van der Waals surface area contributed by atoms with Crippen molar-refractivity contribution in [2.75, 3.05) is 19.6 Å². The summed E-state index contributed by atoms with van der Waals surface area (Å²) in [4.78, 5) is 2.49. The molecule has 0 spiro atoms. The molecule has 98 valence electrons. The van der Waals surface area contributed by atoms with Crippen molar-refractivity contribution in [3.05, 3.63) is 48.6 Å². The molecule has 0 aliphatic carbocycles. The Hall–Kier alpha value is -1.12. The van der Waals surface area contributed by atoms with E-state index in [0.717, 1.165) is 26.1 Å². The predicted octanol–water partition coefficient (Wildman–Crippen LogP) is 2.47. The van der Waals surface area contributed by atoms with Crippen LogP contribution >= 0.6 is 0 Å². The van der Waals surface area contributed by atoms with Crippen molar-refractivity contribution in [2.45, 2.75) is 31.8 Å². The van der Waals surface area contributed by atoms with Crippen LogP contribution in [-0.2, 0) is 6.42 Å². The van der Waals surface area contributed by atoms with Gasteiger partial charge in [-0.05, 0) is 31.9 Å². The summed E-state index contributed by atoms with van der Waals surface area (Å²) < 4.78 is 0. The smallest absolute Gasteiger partial charge is 0.0210 e. The Morgan fingerprint density at radius 1 is 1.39 bits per heavy atom. The molecule has 1 aliphatic heterocycles. The highest BCUT2D eigenvalue weighted by Crippen LogP contribution is 2.16. The molecule has 1 N–H and O–H groups in total. The third-order valence-electron chi connectivity index (χ3n) is 3.76. The zero-order chi connectivity index (χ0) is 12.8. The molecule has 2 nitrogen and oxygen atoms in total. The van der Waals surface area contributed by atoms with E-state index in [9.17, 15) is 0 Å². The number of hydrogen-bond donors (Lipinski definition) is 1. The molecule has 0 aromatic heterocycles. The van der Waals surface area contributed by atoms with Gasteiger partial charge in [0.05, 0.1) is 0 Å². The fraction of sp³-hybridized carbons (Fsp3) is 0.500. The van der Waals surface area contributed by atoms with Gasteiger partial charge in [-0.1, -0.05) is 36.4 Å². The fourth-order valence-corrected chi connectivity index (χ4v) is 2.73. The van der Waals surface area contributed by atoms with Gasteiger partial charge in [0.25, 0.3) is 0 Å². The molecule has 1 heterocycles. The van der Waals surface area contributed by atoms with Crippen LogP contribution in [0.5, 0.6) is 0 Å². The molecular formula is C16H24N2. The Kier molecular flexibility index (Phi) is 4.97. The molecule has 0 unspecified atom stereocenters. The second-order valence-electron chi connectivity index (χ2n) is 5.21. The summed E-state index contributed by atoms with van der Waals surface area (Å²) >= 11 is 0. The Bertz CT molecular complexity index is 361. The number of rotatable bonds is 6. The van der Waals surface area contributed by atoms with E-state index in [-0.39, 0.29) is 0 Å². The number of hydrogen-bond acceptors (Lipinski definition) is 2. The largest absolute Gasteiger partial charge is 0.312 e. The summed E-state index contributed by atoms with van der Waals surface area (Å²) in [6.07, 6.45) is 4.37. The Morgan fingerprint density at radius 3 is 2.89 bits per heavy atom. The van der Waals surface area contributed by atoms with E-state index >= 15 is 0 Å². The maximum atomic E-state index is 3.82. The quantitative estimate of drug-likeness (QED) is 0.773. The van der Waals surface area contributed by atoms with Gasteiger partial charge in [0.15, 0.2) is 0 Å². The third-order valence-corrected chi connectivity index (χ3v) is 3.76. The minimum absolute atomic E-state index is 0.642. The van der Waals surface area contributed by atoms with E-state index in [4.69, 9.17) is 0 Å². The molecule has 1 aromatic rings. The van der Waals surface area contributed by atoms with Crippen LogP contribution in [0.2, 0.25) is 0 Å². The standard InChI is InChI=1S/C16H24N2/c1-3-11-18-13-16(12-14(18)2)17-10-9-15-7-5-4-6-8-15/h3-8,14,16-17H,1,9-13H2,2H3/t14-,16+/m0/s1. The van der Waals surface area contributed by atoms with E-state index in [0.29, 0.717) is 12.1 Å². The third kappa shape index (κ3) is 3.69. The second-order valence-corrected chi connectivity index (χ2v) is 5.21. The SMILES string of the molecule is C=CCN1C[C@H](NCCc2ccccc2)C[C@@H]1C. The van der Waals surface area contributed by atoms with Gasteiger partial charge >= 0.3 is 0 Å². The lowest BCUT2D eigenvalue weighted by Gasteiger charge is -2.18. The van der Waals surface area contributed by atoms with E-state index in [2.05, 4.69) is 54.1 Å². The zero-order valence-electron chi connectivity index (χ0n) is 11.3. The molecule has 1 fully saturated rings. The summed E-state index contributed by atoms with van der Waals surface area (Å²) in [6, 6.07) is 12.0. The topological polar surface area (TPSA) is 15.3 Å². The van der Waals surface area contributed by atoms with Gasteiger partial charge in [0.2, 0.25) is 0 Å². The zero-order valence-corrected chi connectivity index (χ0v) is 11.3. The lowest BCUT2D eigenvalue weighted by Crippen LogP contribution is -2.34. The normalized spacial score (nSPS) is 24.3. The highest BCUT2D eigenvalue weighted by Gasteiger charge is 2.27. The van der Waals surface area contributed by atoms with Crippen LogP contribution in [0.4, 0.5) is 0 Å². The summed E-state index contributed by atoms with van der Waals surface area (Å²) in [6.45, 7) is 9.37. The molecule has 2 heteroatoms. The first-order chi connectivity index (χ1) is 8.79. The summed E-state index contributed by atoms with van der Waals surface area (Å²) in [5, 5.41) is 3.67. The first-order valence-corrected chi connectivity index (χ1v) is 6.92. The molecule has 0 saturated carbocycles. The molecule has 2 atom stereocenters. The molecule has 18 heavy (non-hydrogen) atoms. The van der Waals surface area contributed by atoms with Crippen LogP contribution in [0.3, 0.4) is 0 Å². The van der Waals surface area contributed by atoms with Crippen LogP contribution in [-0.4, -0.2) is 36.6 Å². The molecular weight excluding hydrogens is 220 g/mol. The molecule has 0 bridgehead atoms. The molecule has 1 saturated heterocycles. The minimum atomic E-state index is 0.642. The van der Waals surface area contributed by atoms with Crippen molar-refractivity contribution in [1.82, 2.24) is 10.2 Å². The van der Waals surface area contributed by atoms with Crippen molar-refractivity contribution < 1.29 is 0 Å². The van der Waals surface area contributed by atoms with Crippen LogP contribution < -0.4 is 5.32 Å². The van der Waals surface area contributed by atoms with Gasteiger partial charge < -0.3 is 5.32 Å². The Morgan fingerprint density at radius 2 is 2.17 bits per heavy atom. The van der Waals surface area contributed by atoms with Crippen LogP contribution in [0.15, 0.2) is 43.0 Å². The number of likely N-dealkylation sites (tertiary alicyclic amines) is 1. The highest BCUT2D eigenvalue weighted by molar-refractivity contribution is 5.14. The highest BCUT2D eigenvalue weighted by atomic mass is 15.2. The average Bonchev–Trinajstić information content (AvgIpc) is 2.72. The monoisotopic (exact) mass is 244 g/mol. The number of benzene rings is 1. The van der Waals surface area contributed by atoms with E-state index < -0.39 is 0 Å². The minimum Gasteiger partial charge on any atom is -0.312 e. The molecule has 1 aromatic carbocycles. The number of nitrogens with one attached hydrogen (secondary N) is 1. The van der Waals surface area contributed by atoms with E-state index in [1.54, 1.807) is 0 Å². The summed E-state index contributed by atoms with van der Waals surface area (Å²) in [5.41, 5.74) is 1.42. The molecule has 1 aliphatic rings. The lowest BCUT2D eigenvalue weighted by molar-refractivity contribution is 0.295. The van der Waals surface area contributed by atoms with Crippen LogP contribution in [0.25, 0.3) is 0 Å². The van der Waals surface area contributed by atoms with Gasteiger partial charge in [0.1, 0.15) is 0 Å². The Labute approximate surface area is 111 Å². The predicted molar refractivity (Wildman–Crippen MR) is 77.8 cm³/mol. The van der Waals surface area contributed by atoms with Crippen molar-refractivity contribution in [1.29, 1.82) is 0 Å². The van der Waals surface area contributed by atoms with Crippen molar-refractivity contribution in [2.24, 2.45) is 0 Å². The average molecular weight is 244 g/mol. The molecule has 0 radical (unpaired) electrons. The van der Waals surface area contributed by atoms with Gasteiger partial charge in [-0.3, -0.25) is 4.90 Å². The summed E-state index contributed by atoms with van der Waals surface area (Å²) in [7, 11) is 0. The van der Waals surface area contributed by atoms with Crippen LogP contribution in [0, 0.1) is 0 Å². The van der Waals surface area contributed by atoms with Gasteiger partial charge in [-0.2, -0.15) is 0 Å². The Balaban J connectivity index is 1.70. The van der Waals surface area contributed by atoms with Crippen molar-refractivity contribution >= 4 is 0 Å². The molecule has 2 rings (SSSR count). The van der Waals surface area contributed by atoms with Crippen LogP contribution in [0.1, 0.15) is 18.9 Å². The van der Waals surface area contributed by atoms with Gasteiger partial charge in [-0.15, -0.1) is 6.58 Å². The van der Waals surface area contributed by atoms with E-state index in [1.807, 2.05) is 6.08 Å². The first kappa shape index (κ1) is 13.3. The van der Waals surface area contributed by atoms with E-state index in [1.165, 1.54) is 12.0 Å². The lowest BCUT2D eigenvalue weighted by atomic mass is 10.1. The van der Waals surface area contributed by atoms with Crippen molar-refractivity contribution in [3.63, 3.8) is 0 Å². The van der Waals surface area contributed by atoms with Gasteiger partial charge in [0, 0.05) is 25.2 Å². The number of nitrogens with zero attached hydrogens (tertiary/aromatic N) is 1. The maximum Gasteiger partial charge on any atom is 0.0210 e. The van der Waals surface area contributed by atoms with Crippen molar-refractivity contribution in [3.8, 4) is 0 Å². The fourth-order valence-electron chi connectivity index (χ4n) is 2.73. The second kappa shape index (κ2) is 6.72. The molecule has 0 amide bonds.